The monoisotopic (exact) mass is 365 g/mol. The summed E-state index contributed by atoms with van der Waals surface area (Å²) in [6.07, 6.45) is 7.02. The minimum absolute atomic E-state index is 0.192. The van der Waals surface area contributed by atoms with Crippen molar-refractivity contribution in [3.63, 3.8) is 0 Å². The van der Waals surface area contributed by atoms with Gasteiger partial charge >= 0.3 is 0 Å². The van der Waals surface area contributed by atoms with Gasteiger partial charge in [0, 0.05) is 51.7 Å². The molecule has 0 spiro atoms. The Morgan fingerprint density at radius 2 is 1.48 bits per heavy atom. The van der Waals surface area contributed by atoms with Crippen LogP contribution in [-0.4, -0.2) is 64.9 Å². The first-order valence-corrected chi connectivity index (χ1v) is 9.93. The molecule has 0 aliphatic carbocycles. The molecule has 27 heavy (non-hydrogen) atoms. The largest absolute Gasteiger partial charge is 0.341 e. The van der Waals surface area contributed by atoms with Crippen molar-refractivity contribution in [2.45, 2.75) is 25.3 Å². The van der Waals surface area contributed by atoms with Crippen LogP contribution >= 0.6 is 0 Å². The molecule has 6 nitrogen and oxygen atoms in total. The van der Waals surface area contributed by atoms with Crippen LogP contribution in [0.3, 0.4) is 0 Å². The SMILES string of the molecule is O=C(C(c1ccccc1)N1CCN(c2ncccn2)CC1)N1CCCCC1. The van der Waals surface area contributed by atoms with Gasteiger partial charge in [0.05, 0.1) is 0 Å². The van der Waals surface area contributed by atoms with Crippen LogP contribution in [0.4, 0.5) is 5.95 Å². The second-order valence-corrected chi connectivity index (χ2v) is 7.27. The van der Waals surface area contributed by atoms with E-state index in [1.807, 2.05) is 24.3 Å². The molecule has 0 N–H and O–H groups in total. The lowest BCUT2D eigenvalue weighted by atomic mass is 10.0. The molecule has 1 amide bonds. The molecule has 1 atom stereocenters. The van der Waals surface area contributed by atoms with Gasteiger partial charge in [0.15, 0.2) is 0 Å². The van der Waals surface area contributed by atoms with E-state index >= 15 is 0 Å². The zero-order chi connectivity index (χ0) is 18.5. The highest BCUT2D eigenvalue weighted by molar-refractivity contribution is 5.83. The average Bonchev–Trinajstić information content (AvgIpc) is 2.76. The molecule has 3 heterocycles. The van der Waals surface area contributed by atoms with E-state index < -0.39 is 0 Å². The molecule has 142 valence electrons. The maximum absolute atomic E-state index is 13.4. The van der Waals surface area contributed by atoms with E-state index in [4.69, 9.17) is 0 Å². The van der Waals surface area contributed by atoms with Gasteiger partial charge in [0.1, 0.15) is 6.04 Å². The summed E-state index contributed by atoms with van der Waals surface area (Å²) in [5.74, 6) is 1.03. The van der Waals surface area contributed by atoms with Crippen LogP contribution in [0, 0.1) is 0 Å². The molecule has 1 aromatic carbocycles. The number of benzene rings is 1. The van der Waals surface area contributed by atoms with Crippen molar-refractivity contribution in [3.8, 4) is 0 Å². The maximum atomic E-state index is 13.4. The van der Waals surface area contributed by atoms with Crippen molar-refractivity contribution in [3.05, 3.63) is 54.4 Å². The zero-order valence-electron chi connectivity index (χ0n) is 15.7. The Labute approximate surface area is 160 Å². The van der Waals surface area contributed by atoms with Crippen LogP contribution in [0.2, 0.25) is 0 Å². The van der Waals surface area contributed by atoms with Crippen LogP contribution < -0.4 is 4.90 Å². The van der Waals surface area contributed by atoms with Gasteiger partial charge in [-0.2, -0.15) is 0 Å². The van der Waals surface area contributed by atoms with E-state index in [0.29, 0.717) is 0 Å². The summed E-state index contributed by atoms with van der Waals surface area (Å²) in [6.45, 7) is 5.11. The van der Waals surface area contributed by atoms with E-state index in [1.54, 1.807) is 12.4 Å². The van der Waals surface area contributed by atoms with Gasteiger partial charge in [0.25, 0.3) is 0 Å². The summed E-state index contributed by atoms with van der Waals surface area (Å²) >= 11 is 0. The number of amides is 1. The molecule has 2 fully saturated rings. The molecular weight excluding hydrogens is 338 g/mol. The normalized spacial score (nSPS) is 19.7. The van der Waals surface area contributed by atoms with E-state index in [-0.39, 0.29) is 11.9 Å². The number of hydrogen-bond acceptors (Lipinski definition) is 5. The quantitative estimate of drug-likeness (QED) is 0.833. The average molecular weight is 365 g/mol. The fraction of sp³-hybridized carbons (Fsp3) is 0.476. The van der Waals surface area contributed by atoms with Gasteiger partial charge in [-0.05, 0) is 30.9 Å². The van der Waals surface area contributed by atoms with Crippen molar-refractivity contribution < 1.29 is 4.79 Å². The lowest BCUT2D eigenvalue weighted by molar-refractivity contribution is -0.138. The van der Waals surface area contributed by atoms with Crippen molar-refractivity contribution in [2.24, 2.45) is 0 Å². The van der Waals surface area contributed by atoms with Gasteiger partial charge in [-0.3, -0.25) is 9.69 Å². The van der Waals surface area contributed by atoms with Gasteiger partial charge < -0.3 is 9.80 Å². The number of rotatable bonds is 4. The third kappa shape index (κ3) is 4.11. The number of piperidine rings is 1. The maximum Gasteiger partial charge on any atom is 0.244 e. The standard InChI is InChI=1S/C21H27N5O/c27-20(25-12-5-2-6-13-25)19(18-8-3-1-4-9-18)24-14-16-26(17-15-24)21-22-10-7-11-23-21/h1,3-4,7-11,19H,2,5-6,12-17H2. The third-order valence-electron chi connectivity index (χ3n) is 5.53. The Morgan fingerprint density at radius 3 is 2.15 bits per heavy atom. The van der Waals surface area contributed by atoms with Crippen molar-refractivity contribution in [1.29, 1.82) is 0 Å². The summed E-state index contributed by atoms with van der Waals surface area (Å²) in [6, 6.07) is 11.9. The second kappa shape index (κ2) is 8.48. The lowest BCUT2D eigenvalue weighted by Gasteiger charge is -2.41. The predicted octanol–water partition coefficient (Wildman–Crippen LogP) is 2.35. The molecule has 0 bridgehead atoms. The molecule has 1 aromatic heterocycles. The molecule has 1 unspecified atom stereocenters. The Balaban J connectivity index is 1.50. The number of carbonyl (C=O) groups is 1. The number of nitrogens with zero attached hydrogens (tertiary/aromatic N) is 5. The summed E-state index contributed by atoms with van der Waals surface area (Å²) < 4.78 is 0. The van der Waals surface area contributed by atoms with Crippen LogP contribution in [0.1, 0.15) is 30.9 Å². The molecule has 2 saturated heterocycles. The molecule has 0 saturated carbocycles. The molecule has 6 heteroatoms. The number of hydrogen-bond donors (Lipinski definition) is 0. The molecule has 0 radical (unpaired) electrons. The van der Waals surface area contributed by atoms with Gasteiger partial charge in [0.2, 0.25) is 11.9 Å². The van der Waals surface area contributed by atoms with Crippen molar-refractivity contribution >= 4 is 11.9 Å². The second-order valence-electron chi connectivity index (χ2n) is 7.27. The number of piperazine rings is 1. The predicted molar refractivity (Wildman–Crippen MR) is 105 cm³/mol. The topological polar surface area (TPSA) is 52.6 Å². The van der Waals surface area contributed by atoms with Crippen LogP contribution in [0.15, 0.2) is 48.8 Å². The van der Waals surface area contributed by atoms with Gasteiger partial charge in [-0.25, -0.2) is 9.97 Å². The summed E-state index contributed by atoms with van der Waals surface area (Å²) in [5, 5.41) is 0. The summed E-state index contributed by atoms with van der Waals surface area (Å²) in [4.78, 5) is 28.7. The van der Waals surface area contributed by atoms with Gasteiger partial charge in [-0.1, -0.05) is 30.3 Å². The summed E-state index contributed by atoms with van der Waals surface area (Å²) in [7, 11) is 0. The molecule has 2 aromatic rings. The smallest absolute Gasteiger partial charge is 0.244 e. The van der Waals surface area contributed by atoms with Crippen molar-refractivity contribution in [2.75, 3.05) is 44.2 Å². The first kappa shape index (κ1) is 17.9. The molecule has 4 rings (SSSR count). The Bertz CT molecular complexity index is 725. The lowest BCUT2D eigenvalue weighted by Crippen LogP contribution is -2.52. The fourth-order valence-corrected chi connectivity index (χ4v) is 4.07. The fourth-order valence-electron chi connectivity index (χ4n) is 4.07. The zero-order valence-corrected chi connectivity index (χ0v) is 15.7. The highest BCUT2D eigenvalue weighted by atomic mass is 16.2. The molecular formula is C21H27N5O. The molecule has 2 aliphatic rings. The van der Waals surface area contributed by atoms with E-state index in [0.717, 1.165) is 63.6 Å². The summed E-state index contributed by atoms with van der Waals surface area (Å²) in [5.41, 5.74) is 1.09. The highest BCUT2D eigenvalue weighted by Gasteiger charge is 2.34. The minimum Gasteiger partial charge on any atom is -0.341 e. The number of likely N-dealkylation sites (tertiary alicyclic amines) is 1. The van der Waals surface area contributed by atoms with Crippen LogP contribution in [-0.2, 0) is 4.79 Å². The minimum atomic E-state index is -0.192. The number of carbonyl (C=O) groups excluding carboxylic acids is 1. The van der Waals surface area contributed by atoms with E-state index in [2.05, 4.69) is 36.8 Å². The van der Waals surface area contributed by atoms with Crippen LogP contribution in [0.5, 0.6) is 0 Å². The molecule has 2 aliphatic heterocycles. The Hall–Kier alpha value is -2.47. The Morgan fingerprint density at radius 1 is 0.815 bits per heavy atom. The van der Waals surface area contributed by atoms with Crippen LogP contribution in [0.25, 0.3) is 0 Å². The Kier molecular flexibility index (Phi) is 5.63. The first-order chi connectivity index (χ1) is 13.3. The number of anilines is 1. The number of aromatic nitrogens is 2. The van der Waals surface area contributed by atoms with Crippen molar-refractivity contribution in [1.82, 2.24) is 19.8 Å². The third-order valence-corrected chi connectivity index (χ3v) is 5.53. The van der Waals surface area contributed by atoms with E-state index in [1.165, 1.54) is 6.42 Å². The highest BCUT2D eigenvalue weighted by Crippen LogP contribution is 2.26. The van der Waals surface area contributed by atoms with E-state index in [9.17, 15) is 4.79 Å². The van der Waals surface area contributed by atoms with Gasteiger partial charge in [-0.15, -0.1) is 0 Å². The first-order valence-electron chi connectivity index (χ1n) is 9.93.